The summed E-state index contributed by atoms with van der Waals surface area (Å²) in [4.78, 5) is 14.4. The van der Waals surface area contributed by atoms with Crippen molar-refractivity contribution in [2.24, 2.45) is 0 Å². The second-order valence-electron chi connectivity index (χ2n) is 3.07. The van der Waals surface area contributed by atoms with Gasteiger partial charge in [0.15, 0.2) is 0 Å². The van der Waals surface area contributed by atoms with E-state index >= 15 is 0 Å². The van der Waals surface area contributed by atoms with Crippen LogP contribution >= 0.6 is 0 Å². The molecule has 0 amide bonds. The number of hydrogen-bond acceptors (Lipinski definition) is 6. The van der Waals surface area contributed by atoms with E-state index in [2.05, 4.69) is 15.2 Å². The van der Waals surface area contributed by atoms with E-state index in [1.54, 1.807) is 0 Å². The van der Waals surface area contributed by atoms with Crippen LogP contribution < -0.4 is 0 Å². The first kappa shape index (κ1) is 10.5. The predicted octanol–water partition coefficient (Wildman–Crippen LogP) is -0.774. The zero-order chi connectivity index (χ0) is 11.9. The van der Waals surface area contributed by atoms with Gasteiger partial charge >= 0.3 is 5.97 Å². The van der Waals surface area contributed by atoms with Crippen molar-refractivity contribution in [1.82, 2.24) is 19.6 Å². The largest absolute Gasteiger partial charge is 0.478 e. The maximum atomic E-state index is 11.3. The van der Waals surface area contributed by atoms with Crippen LogP contribution in [0.1, 0.15) is 10.4 Å². The second kappa shape index (κ2) is 3.23. The number of aromatic nitrogens is 4. The summed E-state index contributed by atoms with van der Waals surface area (Å²) < 4.78 is 23.6. The lowest BCUT2D eigenvalue weighted by Gasteiger charge is -1.97. The normalized spacial score (nSPS) is 11.8. The molecule has 84 valence electrons. The van der Waals surface area contributed by atoms with Crippen LogP contribution in [-0.2, 0) is 9.84 Å². The molecule has 0 aliphatic rings. The summed E-state index contributed by atoms with van der Waals surface area (Å²) in [5, 5.41) is 15.3. The third-order valence-electron chi connectivity index (χ3n) is 1.81. The zero-order valence-corrected chi connectivity index (χ0v) is 8.84. The van der Waals surface area contributed by atoms with Crippen LogP contribution in [0.25, 0.3) is 5.78 Å². The number of fused-ring (bicyclic) bond motifs is 1. The lowest BCUT2D eigenvalue weighted by Crippen LogP contribution is -2.06. The number of nitrogens with zero attached hydrogens (tertiary/aromatic N) is 4. The molecule has 1 N–H and O–H groups in total. The van der Waals surface area contributed by atoms with Crippen LogP contribution in [-0.4, -0.2) is 45.3 Å². The molecular formula is C7H6N4O4S. The fourth-order valence-corrected chi connectivity index (χ4v) is 1.81. The van der Waals surface area contributed by atoms with E-state index in [0.717, 1.165) is 23.1 Å². The SMILES string of the molecule is CS(=O)(=O)c1nnc2ncc(C(=O)O)cn12. The number of carboxylic acid groups (broad SMARTS) is 1. The summed E-state index contributed by atoms with van der Waals surface area (Å²) >= 11 is 0. The average Bonchev–Trinajstić information content (AvgIpc) is 2.58. The molecule has 0 fully saturated rings. The van der Waals surface area contributed by atoms with Gasteiger partial charge in [-0.2, -0.15) is 0 Å². The van der Waals surface area contributed by atoms with Gasteiger partial charge in [0.25, 0.3) is 10.9 Å². The Bertz CT molecular complexity index is 675. The van der Waals surface area contributed by atoms with Gasteiger partial charge in [0.2, 0.25) is 9.84 Å². The molecule has 0 spiro atoms. The monoisotopic (exact) mass is 242 g/mol. The highest BCUT2D eigenvalue weighted by molar-refractivity contribution is 7.90. The quantitative estimate of drug-likeness (QED) is 0.734. The van der Waals surface area contributed by atoms with Crippen LogP contribution in [0.2, 0.25) is 0 Å². The molecule has 0 unspecified atom stereocenters. The molecule has 0 saturated heterocycles. The number of rotatable bonds is 2. The van der Waals surface area contributed by atoms with Gasteiger partial charge in [-0.25, -0.2) is 18.2 Å². The first-order chi connectivity index (χ1) is 7.39. The standard InChI is InChI=1S/C7H6N4O4S/c1-16(14,15)7-10-9-6-8-2-4(5(12)13)3-11(6)7/h2-3H,1H3,(H,12,13). The van der Waals surface area contributed by atoms with Gasteiger partial charge in [-0.15, -0.1) is 10.2 Å². The molecule has 16 heavy (non-hydrogen) atoms. The van der Waals surface area contributed by atoms with E-state index in [9.17, 15) is 13.2 Å². The van der Waals surface area contributed by atoms with Gasteiger partial charge in [0, 0.05) is 18.6 Å². The third-order valence-corrected chi connectivity index (χ3v) is 2.75. The third kappa shape index (κ3) is 1.60. The Labute approximate surface area is 89.5 Å². The highest BCUT2D eigenvalue weighted by Gasteiger charge is 2.17. The van der Waals surface area contributed by atoms with Crippen molar-refractivity contribution in [2.45, 2.75) is 5.16 Å². The molecule has 2 rings (SSSR count). The van der Waals surface area contributed by atoms with Crippen LogP contribution in [0.5, 0.6) is 0 Å². The van der Waals surface area contributed by atoms with Crippen molar-refractivity contribution in [2.75, 3.05) is 6.26 Å². The summed E-state index contributed by atoms with van der Waals surface area (Å²) in [5.41, 5.74) is -0.141. The van der Waals surface area contributed by atoms with Crippen LogP contribution in [0.15, 0.2) is 17.6 Å². The first-order valence-corrected chi connectivity index (χ1v) is 5.93. The van der Waals surface area contributed by atoms with E-state index in [-0.39, 0.29) is 16.5 Å². The number of sulfone groups is 1. The number of carboxylic acids is 1. The fourth-order valence-electron chi connectivity index (χ4n) is 1.13. The van der Waals surface area contributed by atoms with Crippen molar-refractivity contribution in [3.63, 3.8) is 0 Å². The Morgan fingerprint density at radius 1 is 1.44 bits per heavy atom. The first-order valence-electron chi connectivity index (χ1n) is 4.04. The molecule has 0 aliphatic carbocycles. The molecule has 2 aromatic rings. The molecule has 0 aliphatic heterocycles. The molecule has 8 nitrogen and oxygen atoms in total. The Morgan fingerprint density at radius 2 is 2.12 bits per heavy atom. The smallest absolute Gasteiger partial charge is 0.338 e. The lowest BCUT2D eigenvalue weighted by atomic mass is 10.3. The van der Waals surface area contributed by atoms with Crippen molar-refractivity contribution >= 4 is 21.6 Å². The summed E-state index contributed by atoms with van der Waals surface area (Å²) in [6.45, 7) is 0. The number of carbonyl (C=O) groups is 1. The van der Waals surface area contributed by atoms with Gasteiger partial charge in [-0.05, 0) is 0 Å². The van der Waals surface area contributed by atoms with Gasteiger partial charge < -0.3 is 5.11 Å². The summed E-state index contributed by atoms with van der Waals surface area (Å²) in [6, 6.07) is 0. The summed E-state index contributed by atoms with van der Waals surface area (Å²) in [5.74, 6) is -1.17. The average molecular weight is 242 g/mol. The molecule has 0 radical (unpaired) electrons. The minimum Gasteiger partial charge on any atom is -0.478 e. The van der Waals surface area contributed by atoms with Crippen molar-refractivity contribution in [3.8, 4) is 0 Å². The van der Waals surface area contributed by atoms with E-state index in [0.29, 0.717) is 0 Å². The van der Waals surface area contributed by atoms with E-state index in [1.165, 1.54) is 0 Å². The van der Waals surface area contributed by atoms with Gasteiger partial charge in [-0.3, -0.25) is 4.40 Å². The van der Waals surface area contributed by atoms with Crippen LogP contribution in [0.3, 0.4) is 0 Å². The zero-order valence-electron chi connectivity index (χ0n) is 8.02. The van der Waals surface area contributed by atoms with Gasteiger partial charge in [0.05, 0.1) is 5.56 Å². The Morgan fingerprint density at radius 3 is 2.69 bits per heavy atom. The molecule has 2 heterocycles. The minimum atomic E-state index is -3.57. The highest BCUT2D eigenvalue weighted by Crippen LogP contribution is 2.08. The maximum absolute atomic E-state index is 11.3. The molecular weight excluding hydrogens is 236 g/mol. The van der Waals surface area contributed by atoms with Crippen LogP contribution in [0.4, 0.5) is 0 Å². The van der Waals surface area contributed by atoms with E-state index < -0.39 is 15.8 Å². The summed E-state index contributed by atoms with van der Waals surface area (Å²) in [7, 11) is -3.57. The molecule has 0 saturated carbocycles. The summed E-state index contributed by atoms with van der Waals surface area (Å²) in [6.07, 6.45) is 3.15. The number of hydrogen-bond donors (Lipinski definition) is 1. The Balaban J connectivity index is 2.80. The lowest BCUT2D eigenvalue weighted by molar-refractivity contribution is 0.0695. The second-order valence-corrected chi connectivity index (χ2v) is 4.98. The predicted molar refractivity (Wildman–Crippen MR) is 50.9 cm³/mol. The van der Waals surface area contributed by atoms with Crippen LogP contribution in [0, 0.1) is 0 Å². The number of aromatic carboxylic acids is 1. The van der Waals surface area contributed by atoms with Crippen molar-refractivity contribution in [3.05, 3.63) is 18.0 Å². The highest BCUT2D eigenvalue weighted by atomic mass is 32.2. The van der Waals surface area contributed by atoms with E-state index in [4.69, 9.17) is 5.11 Å². The Kier molecular flexibility index (Phi) is 2.12. The topological polar surface area (TPSA) is 115 Å². The molecule has 0 atom stereocenters. The van der Waals surface area contributed by atoms with E-state index in [1.807, 2.05) is 0 Å². The minimum absolute atomic E-state index is 0.0328. The maximum Gasteiger partial charge on any atom is 0.338 e. The molecule has 9 heteroatoms. The fraction of sp³-hybridized carbons (Fsp3) is 0.143. The van der Waals surface area contributed by atoms with Gasteiger partial charge in [0.1, 0.15) is 0 Å². The molecule has 0 aromatic carbocycles. The Hall–Kier alpha value is -2.03. The van der Waals surface area contributed by atoms with Gasteiger partial charge in [-0.1, -0.05) is 0 Å². The van der Waals surface area contributed by atoms with Crippen molar-refractivity contribution < 1.29 is 18.3 Å². The van der Waals surface area contributed by atoms with Crippen molar-refractivity contribution in [1.29, 1.82) is 0 Å². The molecule has 0 bridgehead atoms. The molecule has 2 aromatic heterocycles.